The first-order chi connectivity index (χ1) is 10.7. The molecule has 0 saturated heterocycles. The van der Waals surface area contributed by atoms with Crippen molar-refractivity contribution in [3.63, 3.8) is 0 Å². The number of hydrogen-bond donors (Lipinski definition) is 0. The van der Waals surface area contributed by atoms with Crippen molar-refractivity contribution < 1.29 is 4.42 Å². The van der Waals surface area contributed by atoms with Gasteiger partial charge in [-0.3, -0.25) is 4.57 Å². The van der Waals surface area contributed by atoms with E-state index >= 15 is 0 Å². The van der Waals surface area contributed by atoms with Gasteiger partial charge in [0, 0.05) is 11.6 Å². The van der Waals surface area contributed by atoms with Crippen molar-refractivity contribution in [2.24, 2.45) is 0 Å². The van der Waals surface area contributed by atoms with E-state index in [9.17, 15) is 0 Å². The summed E-state index contributed by atoms with van der Waals surface area (Å²) in [7, 11) is 0. The fourth-order valence-corrected chi connectivity index (χ4v) is 2.58. The first kappa shape index (κ1) is 12.8. The molecule has 108 valence electrons. The topological polar surface area (TPSA) is 56.7 Å². The second-order valence-corrected chi connectivity index (χ2v) is 5.36. The highest BCUT2D eigenvalue weighted by atomic mass is 16.3. The SMILES string of the molecule is Cc1ccc(-c2nc3ccc(-n4cnnc4)cc3o2)c(C)c1. The molecule has 2 aromatic carbocycles. The quantitative estimate of drug-likeness (QED) is 0.565. The molecule has 0 unspecified atom stereocenters. The van der Waals surface area contributed by atoms with Crippen molar-refractivity contribution in [3.05, 3.63) is 60.2 Å². The van der Waals surface area contributed by atoms with Crippen LogP contribution in [0.2, 0.25) is 0 Å². The van der Waals surface area contributed by atoms with E-state index in [0.29, 0.717) is 5.89 Å². The number of nitrogens with zero attached hydrogens (tertiary/aromatic N) is 4. The standard InChI is InChI=1S/C17H14N4O/c1-11-3-5-14(12(2)7-11)17-20-15-6-4-13(8-16(15)22-17)21-9-18-19-10-21/h3-10H,1-2H3. The number of rotatable bonds is 2. The van der Waals surface area contributed by atoms with Gasteiger partial charge in [0.1, 0.15) is 18.2 Å². The zero-order chi connectivity index (χ0) is 15.1. The van der Waals surface area contributed by atoms with Gasteiger partial charge >= 0.3 is 0 Å². The van der Waals surface area contributed by atoms with Crippen LogP contribution in [-0.4, -0.2) is 19.7 Å². The summed E-state index contributed by atoms with van der Waals surface area (Å²) in [6, 6.07) is 12.1. The predicted molar refractivity (Wildman–Crippen MR) is 83.8 cm³/mol. The summed E-state index contributed by atoms with van der Waals surface area (Å²) in [6.07, 6.45) is 3.31. The van der Waals surface area contributed by atoms with Crippen LogP contribution in [0.4, 0.5) is 0 Å². The van der Waals surface area contributed by atoms with Crippen LogP contribution in [0.15, 0.2) is 53.5 Å². The molecule has 0 bridgehead atoms. The van der Waals surface area contributed by atoms with Crippen molar-refractivity contribution in [2.45, 2.75) is 13.8 Å². The summed E-state index contributed by atoms with van der Waals surface area (Å²) in [6.45, 7) is 4.15. The fraction of sp³-hybridized carbons (Fsp3) is 0.118. The molecule has 0 aliphatic heterocycles. The van der Waals surface area contributed by atoms with Crippen LogP contribution in [0.3, 0.4) is 0 Å². The van der Waals surface area contributed by atoms with E-state index in [1.54, 1.807) is 12.7 Å². The second-order valence-electron chi connectivity index (χ2n) is 5.36. The third kappa shape index (κ3) is 2.07. The number of fused-ring (bicyclic) bond motifs is 1. The summed E-state index contributed by atoms with van der Waals surface area (Å²) in [4.78, 5) is 4.59. The molecule has 5 nitrogen and oxygen atoms in total. The van der Waals surface area contributed by atoms with Crippen LogP contribution < -0.4 is 0 Å². The van der Waals surface area contributed by atoms with Crippen LogP contribution in [0, 0.1) is 13.8 Å². The number of oxazole rings is 1. The number of hydrogen-bond acceptors (Lipinski definition) is 4. The van der Waals surface area contributed by atoms with Gasteiger partial charge in [-0.05, 0) is 37.6 Å². The van der Waals surface area contributed by atoms with E-state index in [-0.39, 0.29) is 0 Å². The van der Waals surface area contributed by atoms with Gasteiger partial charge in [-0.25, -0.2) is 4.98 Å². The Hall–Kier alpha value is -2.95. The van der Waals surface area contributed by atoms with E-state index in [2.05, 4.69) is 47.2 Å². The molecule has 0 amide bonds. The van der Waals surface area contributed by atoms with Crippen molar-refractivity contribution >= 4 is 11.1 Å². The fourth-order valence-electron chi connectivity index (χ4n) is 2.58. The van der Waals surface area contributed by atoms with Crippen molar-refractivity contribution in [1.82, 2.24) is 19.7 Å². The maximum atomic E-state index is 5.95. The molecule has 0 spiro atoms. The molecule has 0 fully saturated rings. The molecule has 4 aromatic rings. The van der Waals surface area contributed by atoms with Crippen LogP contribution >= 0.6 is 0 Å². The Bertz CT molecular complexity index is 954. The molecule has 0 atom stereocenters. The van der Waals surface area contributed by atoms with Gasteiger partial charge in [0.2, 0.25) is 5.89 Å². The van der Waals surface area contributed by atoms with Crippen molar-refractivity contribution in [1.29, 1.82) is 0 Å². The molecule has 0 N–H and O–H groups in total. The zero-order valence-electron chi connectivity index (χ0n) is 12.3. The minimum Gasteiger partial charge on any atom is -0.436 e. The van der Waals surface area contributed by atoms with Gasteiger partial charge in [-0.2, -0.15) is 0 Å². The van der Waals surface area contributed by atoms with Gasteiger partial charge in [0.25, 0.3) is 0 Å². The molecular weight excluding hydrogens is 276 g/mol. The lowest BCUT2D eigenvalue weighted by Crippen LogP contribution is -1.88. The van der Waals surface area contributed by atoms with Gasteiger partial charge < -0.3 is 4.42 Å². The lowest BCUT2D eigenvalue weighted by atomic mass is 10.1. The molecule has 0 saturated carbocycles. The molecule has 2 heterocycles. The third-order valence-electron chi connectivity index (χ3n) is 3.70. The number of benzene rings is 2. The van der Waals surface area contributed by atoms with Crippen LogP contribution in [0.25, 0.3) is 28.2 Å². The largest absolute Gasteiger partial charge is 0.436 e. The molecule has 5 heteroatoms. The van der Waals surface area contributed by atoms with Gasteiger partial charge in [-0.1, -0.05) is 17.7 Å². The molecular formula is C17H14N4O. The lowest BCUT2D eigenvalue weighted by molar-refractivity contribution is 0.619. The molecule has 4 rings (SSSR count). The van der Waals surface area contributed by atoms with E-state index in [1.165, 1.54) is 5.56 Å². The summed E-state index contributed by atoms with van der Waals surface area (Å²) >= 11 is 0. The summed E-state index contributed by atoms with van der Waals surface area (Å²) in [5.74, 6) is 0.647. The van der Waals surface area contributed by atoms with Crippen molar-refractivity contribution in [3.8, 4) is 17.1 Å². The van der Waals surface area contributed by atoms with Gasteiger partial charge in [-0.15, -0.1) is 10.2 Å². The highest BCUT2D eigenvalue weighted by Crippen LogP contribution is 2.28. The maximum absolute atomic E-state index is 5.95. The Morgan fingerprint density at radius 2 is 1.77 bits per heavy atom. The van der Waals surface area contributed by atoms with Crippen molar-refractivity contribution in [2.75, 3.05) is 0 Å². The minimum absolute atomic E-state index is 0.647. The Balaban J connectivity index is 1.84. The molecule has 0 aliphatic rings. The summed E-state index contributed by atoms with van der Waals surface area (Å²) in [5, 5.41) is 7.64. The third-order valence-corrected chi connectivity index (χ3v) is 3.70. The van der Waals surface area contributed by atoms with E-state index in [1.807, 2.05) is 22.8 Å². The van der Waals surface area contributed by atoms with E-state index in [4.69, 9.17) is 4.42 Å². The lowest BCUT2D eigenvalue weighted by Gasteiger charge is -2.02. The highest BCUT2D eigenvalue weighted by Gasteiger charge is 2.11. The maximum Gasteiger partial charge on any atom is 0.227 e. The molecule has 22 heavy (non-hydrogen) atoms. The van der Waals surface area contributed by atoms with E-state index < -0.39 is 0 Å². The molecule has 0 aliphatic carbocycles. The minimum atomic E-state index is 0.647. The predicted octanol–water partition coefficient (Wildman–Crippen LogP) is 3.69. The Morgan fingerprint density at radius 3 is 2.55 bits per heavy atom. The first-order valence-corrected chi connectivity index (χ1v) is 7.04. The summed E-state index contributed by atoms with van der Waals surface area (Å²) in [5.41, 5.74) is 5.94. The average Bonchev–Trinajstić information content (AvgIpc) is 3.15. The number of aromatic nitrogens is 4. The normalized spacial score (nSPS) is 11.2. The highest BCUT2D eigenvalue weighted by molar-refractivity contribution is 5.78. The van der Waals surface area contributed by atoms with Gasteiger partial charge in [0.15, 0.2) is 5.58 Å². The van der Waals surface area contributed by atoms with Gasteiger partial charge in [0.05, 0.1) is 5.69 Å². The smallest absolute Gasteiger partial charge is 0.227 e. The second kappa shape index (κ2) is 4.80. The van der Waals surface area contributed by atoms with E-state index in [0.717, 1.165) is 27.9 Å². The van der Waals surface area contributed by atoms with Crippen LogP contribution in [-0.2, 0) is 0 Å². The Labute approximate surface area is 127 Å². The Morgan fingerprint density at radius 1 is 0.955 bits per heavy atom. The zero-order valence-corrected chi connectivity index (χ0v) is 12.3. The molecule has 0 radical (unpaired) electrons. The summed E-state index contributed by atoms with van der Waals surface area (Å²) < 4.78 is 7.78. The molecule has 2 aromatic heterocycles. The van der Waals surface area contributed by atoms with Crippen LogP contribution in [0.5, 0.6) is 0 Å². The monoisotopic (exact) mass is 290 g/mol. The number of aryl methyl sites for hydroxylation is 2. The van der Waals surface area contributed by atoms with Crippen LogP contribution in [0.1, 0.15) is 11.1 Å². The average molecular weight is 290 g/mol. The first-order valence-electron chi connectivity index (χ1n) is 7.04. The Kier molecular flexibility index (Phi) is 2.79.